The Bertz CT molecular complexity index is 299. The van der Waals surface area contributed by atoms with Gasteiger partial charge in [0.15, 0.2) is 0 Å². The Balaban J connectivity index is 2.74. The van der Waals surface area contributed by atoms with Crippen LogP contribution in [0.2, 0.25) is 0 Å². The van der Waals surface area contributed by atoms with E-state index in [1.54, 1.807) is 0 Å². The highest BCUT2D eigenvalue weighted by atomic mass is 79.9. The zero-order chi connectivity index (χ0) is 11.4. The first kappa shape index (κ1) is 13.2. The summed E-state index contributed by atoms with van der Waals surface area (Å²) in [4.78, 5) is 3.68. The van der Waals surface area contributed by atoms with Crippen LogP contribution in [-0.2, 0) is 0 Å². The Kier molecular flexibility index (Phi) is 5.26. The molecule has 0 aromatic carbocycles. The van der Waals surface area contributed by atoms with Gasteiger partial charge in [0, 0.05) is 20.8 Å². The molecule has 2 N–H and O–H groups in total. The Hall–Kier alpha value is 0.1000. The van der Waals surface area contributed by atoms with Crippen LogP contribution < -0.4 is 5.73 Å². The van der Waals surface area contributed by atoms with E-state index in [-0.39, 0.29) is 0 Å². The molecule has 2 nitrogen and oxygen atoms in total. The second-order valence-electron chi connectivity index (χ2n) is 4.22. The molecule has 0 bridgehead atoms. The van der Waals surface area contributed by atoms with Gasteiger partial charge in [0.2, 0.25) is 0 Å². The van der Waals surface area contributed by atoms with Gasteiger partial charge in [0.05, 0.1) is 0 Å². The third-order valence-corrected chi connectivity index (χ3v) is 4.36. The molecule has 0 aliphatic heterocycles. The predicted molar refractivity (Wildman–Crippen MR) is 71.3 cm³/mol. The lowest BCUT2D eigenvalue weighted by Crippen LogP contribution is -2.23. The van der Waals surface area contributed by atoms with E-state index in [1.807, 2.05) is 11.3 Å². The highest BCUT2D eigenvalue weighted by Gasteiger charge is 2.18. The summed E-state index contributed by atoms with van der Waals surface area (Å²) in [7, 11) is 4.25. The first-order chi connectivity index (χ1) is 7.04. The number of hydrogen-bond donors (Lipinski definition) is 1. The van der Waals surface area contributed by atoms with Crippen LogP contribution in [0.1, 0.15) is 24.3 Å². The van der Waals surface area contributed by atoms with E-state index >= 15 is 0 Å². The van der Waals surface area contributed by atoms with Crippen LogP contribution in [0, 0.1) is 5.92 Å². The topological polar surface area (TPSA) is 29.3 Å². The van der Waals surface area contributed by atoms with Gasteiger partial charge in [-0.25, -0.2) is 0 Å². The van der Waals surface area contributed by atoms with E-state index in [4.69, 9.17) is 5.73 Å². The molecule has 86 valence electrons. The summed E-state index contributed by atoms with van der Waals surface area (Å²) in [6.07, 6.45) is 1.12. The number of nitrogens with zero attached hydrogens (tertiary/aromatic N) is 1. The molecule has 0 aliphatic rings. The van der Waals surface area contributed by atoms with Crippen molar-refractivity contribution in [3.8, 4) is 0 Å². The van der Waals surface area contributed by atoms with E-state index in [9.17, 15) is 0 Å². The maximum absolute atomic E-state index is 5.68. The van der Waals surface area contributed by atoms with Crippen molar-refractivity contribution in [1.82, 2.24) is 4.90 Å². The first-order valence-electron chi connectivity index (χ1n) is 5.15. The van der Waals surface area contributed by atoms with Gasteiger partial charge in [0.25, 0.3) is 0 Å². The lowest BCUT2D eigenvalue weighted by molar-refractivity contribution is 0.259. The zero-order valence-electron chi connectivity index (χ0n) is 9.53. The fourth-order valence-electron chi connectivity index (χ4n) is 1.56. The zero-order valence-corrected chi connectivity index (χ0v) is 11.9. The summed E-state index contributed by atoms with van der Waals surface area (Å²) in [5.41, 5.74) is 5.68. The lowest BCUT2D eigenvalue weighted by atomic mass is 10.0. The molecular formula is C11H19BrN2S. The fraction of sp³-hybridized carbons (Fsp3) is 0.636. The minimum Gasteiger partial charge on any atom is -0.330 e. The van der Waals surface area contributed by atoms with Crippen molar-refractivity contribution in [3.63, 3.8) is 0 Å². The van der Waals surface area contributed by atoms with Crippen molar-refractivity contribution < 1.29 is 0 Å². The number of thiophene rings is 1. The van der Waals surface area contributed by atoms with Crippen LogP contribution >= 0.6 is 27.3 Å². The Labute approximate surface area is 105 Å². The molecule has 0 spiro atoms. The molecule has 0 radical (unpaired) electrons. The van der Waals surface area contributed by atoms with Crippen LogP contribution in [0.15, 0.2) is 15.9 Å². The number of hydrogen-bond acceptors (Lipinski definition) is 3. The third-order valence-electron chi connectivity index (χ3n) is 2.57. The molecule has 0 saturated carbocycles. The number of rotatable bonds is 5. The van der Waals surface area contributed by atoms with E-state index in [2.05, 4.69) is 53.3 Å². The average molecular weight is 291 g/mol. The van der Waals surface area contributed by atoms with Crippen LogP contribution in [0.3, 0.4) is 0 Å². The molecular weight excluding hydrogens is 272 g/mol. The maximum Gasteiger partial charge on any atom is 0.0438 e. The molecule has 0 aliphatic carbocycles. The van der Waals surface area contributed by atoms with Crippen molar-refractivity contribution in [3.05, 3.63) is 20.8 Å². The number of halogens is 1. The molecule has 0 saturated heterocycles. The second kappa shape index (κ2) is 5.99. The highest BCUT2D eigenvalue weighted by Crippen LogP contribution is 2.32. The van der Waals surface area contributed by atoms with E-state index in [1.165, 1.54) is 9.35 Å². The van der Waals surface area contributed by atoms with Crippen molar-refractivity contribution >= 4 is 27.3 Å². The van der Waals surface area contributed by atoms with Crippen LogP contribution in [0.5, 0.6) is 0 Å². The minimum absolute atomic E-state index is 0.486. The van der Waals surface area contributed by atoms with Gasteiger partial charge in [-0.15, -0.1) is 11.3 Å². The fourth-order valence-corrected chi connectivity index (χ4v) is 3.22. The van der Waals surface area contributed by atoms with Gasteiger partial charge in [-0.3, -0.25) is 0 Å². The lowest BCUT2D eigenvalue weighted by Gasteiger charge is -2.25. The number of nitrogens with two attached hydrogens (primary N) is 1. The van der Waals surface area contributed by atoms with Crippen molar-refractivity contribution in [2.75, 3.05) is 20.6 Å². The van der Waals surface area contributed by atoms with Crippen molar-refractivity contribution in [2.45, 2.75) is 19.4 Å². The molecule has 1 aromatic heterocycles. The largest absolute Gasteiger partial charge is 0.330 e. The summed E-state index contributed by atoms with van der Waals surface area (Å²) >= 11 is 5.31. The van der Waals surface area contributed by atoms with Crippen LogP contribution in [0.4, 0.5) is 0 Å². The van der Waals surface area contributed by atoms with E-state index < -0.39 is 0 Å². The Morgan fingerprint density at radius 1 is 1.53 bits per heavy atom. The minimum atomic E-state index is 0.486. The monoisotopic (exact) mass is 290 g/mol. The predicted octanol–water partition coefficient (Wildman–Crippen LogP) is 3.10. The summed E-state index contributed by atoms with van der Waals surface area (Å²) in [5, 5.41) is 2.14. The summed E-state index contributed by atoms with van der Waals surface area (Å²) in [6, 6.07) is 2.69. The molecule has 4 heteroatoms. The maximum atomic E-state index is 5.68. The van der Waals surface area contributed by atoms with Gasteiger partial charge < -0.3 is 10.6 Å². The van der Waals surface area contributed by atoms with Gasteiger partial charge in [-0.1, -0.05) is 6.92 Å². The molecule has 1 rings (SSSR count). The average Bonchev–Trinajstić information content (AvgIpc) is 2.60. The van der Waals surface area contributed by atoms with Gasteiger partial charge >= 0.3 is 0 Å². The molecule has 2 unspecified atom stereocenters. The second-order valence-corrected chi connectivity index (χ2v) is 6.08. The SMILES string of the molecule is CC(CN)CC(c1cc(Br)cs1)N(C)C. The van der Waals surface area contributed by atoms with E-state index in [0.717, 1.165) is 13.0 Å². The quantitative estimate of drug-likeness (QED) is 0.903. The third kappa shape index (κ3) is 3.87. The standard InChI is InChI=1S/C11H19BrN2S/c1-8(6-13)4-10(14(2)3)11-5-9(12)7-15-11/h5,7-8,10H,4,6,13H2,1-3H3. The molecule has 0 fully saturated rings. The molecule has 1 aromatic rings. The smallest absolute Gasteiger partial charge is 0.0438 e. The van der Waals surface area contributed by atoms with Crippen LogP contribution in [-0.4, -0.2) is 25.5 Å². The van der Waals surface area contributed by atoms with Crippen molar-refractivity contribution in [2.24, 2.45) is 11.7 Å². The van der Waals surface area contributed by atoms with Crippen LogP contribution in [0.25, 0.3) is 0 Å². The summed E-state index contributed by atoms with van der Waals surface area (Å²) in [6.45, 7) is 2.97. The molecule has 15 heavy (non-hydrogen) atoms. The van der Waals surface area contributed by atoms with Gasteiger partial charge in [-0.05, 0) is 55.0 Å². The molecule has 1 heterocycles. The Morgan fingerprint density at radius 3 is 2.60 bits per heavy atom. The highest BCUT2D eigenvalue weighted by molar-refractivity contribution is 9.10. The summed E-state index contributed by atoms with van der Waals surface area (Å²) < 4.78 is 1.18. The normalized spacial score (nSPS) is 15.6. The molecule has 2 atom stereocenters. The first-order valence-corrected chi connectivity index (χ1v) is 6.82. The molecule has 0 amide bonds. The van der Waals surface area contributed by atoms with E-state index in [0.29, 0.717) is 12.0 Å². The Morgan fingerprint density at radius 2 is 2.20 bits per heavy atom. The summed E-state index contributed by atoms with van der Waals surface area (Å²) in [5.74, 6) is 0.568. The van der Waals surface area contributed by atoms with Gasteiger partial charge in [-0.2, -0.15) is 0 Å². The van der Waals surface area contributed by atoms with Crippen molar-refractivity contribution in [1.29, 1.82) is 0 Å². The van der Waals surface area contributed by atoms with Gasteiger partial charge in [0.1, 0.15) is 0 Å².